The molecule has 344 valence electrons. The summed E-state index contributed by atoms with van der Waals surface area (Å²) in [6.07, 6.45) is 65.3. The Morgan fingerprint density at radius 2 is 0.885 bits per heavy atom. The molecule has 0 fully saturated rings. The van der Waals surface area contributed by atoms with Crippen LogP contribution in [0.2, 0.25) is 0 Å². The topological polar surface area (TPSA) is 95.9 Å². The van der Waals surface area contributed by atoms with Gasteiger partial charge in [0.05, 0.1) is 25.2 Å². The van der Waals surface area contributed by atoms with Crippen molar-refractivity contribution in [2.24, 2.45) is 0 Å². The molecule has 3 atom stereocenters. The summed E-state index contributed by atoms with van der Waals surface area (Å²) in [6.45, 7) is 6.24. The SMILES string of the molecule is CC\C=C/C=C/C=C/C=C\C=C\C=C\CCCCCC(=O)OC(CCCCC/C=C/C=C/C=C/C=C/CCCCC)CC(=O)NC(CO)C(O)CCCCCCCCCCC. The Hall–Kier alpha value is -3.74. The molecule has 6 heteroatoms. The summed E-state index contributed by atoms with van der Waals surface area (Å²) in [4.78, 5) is 26.1. The summed E-state index contributed by atoms with van der Waals surface area (Å²) < 4.78 is 5.88. The molecule has 1 amide bonds. The van der Waals surface area contributed by atoms with Gasteiger partial charge in [-0.05, 0) is 70.6 Å². The van der Waals surface area contributed by atoms with Gasteiger partial charge in [0.15, 0.2) is 0 Å². The Labute approximate surface area is 374 Å². The summed E-state index contributed by atoms with van der Waals surface area (Å²) in [5.74, 6) is -0.580. The third kappa shape index (κ3) is 42.7. The number of ether oxygens (including phenoxy) is 1. The van der Waals surface area contributed by atoms with E-state index in [2.05, 4.69) is 68.6 Å². The molecule has 0 radical (unpaired) electrons. The van der Waals surface area contributed by atoms with Crippen LogP contribution < -0.4 is 5.32 Å². The van der Waals surface area contributed by atoms with Crippen LogP contribution in [-0.4, -0.2) is 46.9 Å². The van der Waals surface area contributed by atoms with Gasteiger partial charge in [0.25, 0.3) is 0 Å². The minimum atomic E-state index is -0.813. The molecule has 0 heterocycles. The number of esters is 1. The maximum Gasteiger partial charge on any atom is 0.306 e. The fraction of sp³-hybridized carbons (Fsp3) is 0.600. The van der Waals surface area contributed by atoms with Crippen molar-refractivity contribution < 1.29 is 24.5 Å². The number of carbonyl (C=O) groups excluding carboxylic acids is 2. The Balaban J connectivity index is 4.83. The van der Waals surface area contributed by atoms with Crippen LogP contribution in [0.5, 0.6) is 0 Å². The normalized spacial score (nSPS) is 14.4. The number of nitrogens with one attached hydrogen (secondary N) is 1. The molecule has 61 heavy (non-hydrogen) atoms. The molecular weight excluding hydrogens is 755 g/mol. The monoisotopic (exact) mass is 844 g/mol. The zero-order valence-electron chi connectivity index (χ0n) is 39.0. The zero-order valence-corrected chi connectivity index (χ0v) is 39.0. The molecule has 0 aliphatic heterocycles. The summed E-state index contributed by atoms with van der Waals surface area (Å²) in [7, 11) is 0. The third-order valence-corrected chi connectivity index (χ3v) is 10.3. The second kappa shape index (κ2) is 47.3. The van der Waals surface area contributed by atoms with E-state index in [1.54, 1.807) is 0 Å². The lowest BCUT2D eigenvalue weighted by molar-refractivity contribution is -0.151. The second-order valence-electron chi connectivity index (χ2n) is 16.0. The van der Waals surface area contributed by atoms with Crippen LogP contribution in [-0.2, 0) is 14.3 Å². The molecule has 0 aromatic rings. The van der Waals surface area contributed by atoms with Gasteiger partial charge in [0.2, 0.25) is 5.91 Å². The lowest BCUT2D eigenvalue weighted by Gasteiger charge is -2.24. The van der Waals surface area contributed by atoms with Crippen molar-refractivity contribution in [3.05, 3.63) is 122 Å². The maximum absolute atomic E-state index is 13.2. The lowest BCUT2D eigenvalue weighted by Crippen LogP contribution is -2.46. The molecule has 3 N–H and O–H groups in total. The number of rotatable bonds is 41. The average Bonchev–Trinajstić information content (AvgIpc) is 3.25. The largest absolute Gasteiger partial charge is 0.462 e. The predicted octanol–water partition coefficient (Wildman–Crippen LogP) is 14.5. The number of amides is 1. The van der Waals surface area contributed by atoms with Crippen LogP contribution in [0, 0.1) is 0 Å². The standard InChI is InChI=1S/C55H89NO5/c1-4-7-10-13-16-19-21-23-25-27-29-31-33-36-39-42-45-48-55(60)61-51(46-43-40-37-35-32-30-28-26-24-22-20-17-14-11-8-5-2)49-54(59)56-52(50-57)53(58)47-44-41-38-34-18-15-12-9-6-3/h7,10,13,16-17,19-33,51-53,57-58H,4-6,8-9,11-12,14-15,18,34-50H2,1-3H3,(H,56,59)/b10-7-,16-13+,20-17+,21-19+,24-22+,25-23-,28-26+,29-27+,32-30+,33-31+. The predicted molar refractivity (Wildman–Crippen MR) is 263 cm³/mol. The van der Waals surface area contributed by atoms with E-state index in [9.17, 15) is 19.8 Å². The fourth-order valence-corrected chi connectivity index (χ4v) is 6.59. The van der Waals surface area contributed by atoms with Crippen LogP contribution in [0.15, 0.2) is 122 Å². The second-order valence-corrected chi connectivity index (χ2v) is 16.0. The smallest absolute Gasteiger partial charge is 0.306 e. The highest BCUT2D eigenvalue weighted by molar-refractivity contribution is 5.77. The van der Waals surface area contributed by atoms with Crippen molar-refractivity contribution in [2.75, 3.05) is 6.61 Å². The highest BCUT2D eigenvalue weighted by Crippen LogP contribution is 2.16. The quantitative estimate of drug-likeness (QED) is 0.0324. The number of allylic oxidation sites excluding steroid dienone is 20. The molecule has 0 aliphatic rings. The molecule has 3 unspecified atom stereocenters. The number of hydrogen-bond acceptors (Lipinski definition) is 5. The number of unbranched alkanes of at least 4 members (excludes halogenated alkanes) is 17. The van der Waals surface area contributed by atoms with Crippen molar-refractivity contribution in [1.82, 2.24) is 5.32 Å². The number of aliphatic hydroxyl groups excluding tert-OH is 2. The first-order valence-corrected chi connectivity index (χ1v) is 24.4. The molecule has 0 aromatic carbocycles. The Morgan fingerprint density at radius 1 is 0.492 bits per heavy atom. The highest BCUT2D eigenvalue weighted by Gasteiger charge is 2.24. The van der Waals surface area contributed by atoms with Gasteiger partial charge in [0, 0.05) is 6.42 Å². The van der Waals surface area contributed by atoms with E-state index in [0.717, 1.165) is 83.5 Å². The lowest BCUT2D eigenvalue weighted by atomic mass is 10.0. The Bertz CT molecular complexity index is 1310. The first-order chi connectivity index (χ1) is 30.0. The van der Waals surface area contributed by atoms with Crippen LogP contribution in [0.3, 0.4) is 0 Å². The molecule has 0 rings (SSSR count). The van der Waals surface area contributed by atoms with Gasteiger partial charge in [-0.1, -0.05) is 226 Å². The van der Waals surface area contributed by atoms with Crippen molar-refractivity contribution >= 4 is 11.9 Å². The number of hydrogen-bond donors (Lipinski definition) is 3. The van der Waals surface area contributed by atoms with Crippen molar-refractivity contribution in [3.8, 4) is 0 Å². The van der Waals surface area contributed by atoms with Gasteiger partial charge in [-0.3, -0.25) is 9.59 Å². The summed E-state index contributed by atoms with van der Waals surface area (Å²) in [6, 6.07) is -0.731. The third-order valence-electron chi connectivity index (χ3n) is 10.3. The van der Waals surface area contributed by atoms with Crippen molar-refractivity contribution in [2.45, 2.75) is 206 Å². The molecule has 6 nitrogen and oxygen atoms in total. The molecule has 0 aliphatic carbocycles. The van der Waals surface area contributed by atoms with E-state index < -0.39 is 18.2 Å². The average molecular weight is 844 g/mol. The van der Waals surface area contributed by atoms with Crippen LogP contribution in [0.25, 0.3) is 0 Å². The van der Waals surface area contributed by atoms with E-state index in [4.69, 9.17) is 4.74 Å². The molecule has 0 saturated carbocycles. The van der Waals surface area contributed by atoms with Gasteiger partial charge in [-0.25, -0.2) is 0 Å². The minimum Gasteiger partial charge on any atom is -0.462 e. The van der Waals surface area contributed by atoms with Crippen LogP contribution in [0.4, 0.5) is 0 Å². The van der Waals surface area contributed by atoms with Crippen molar-refractivity contribution in [3.63, 3.8) is 0 Å². The van der Waals surface area contributed by atoms with Gasteiger partial charge >= 0.3 is 5.97 Å². The van der Waals surface area contributed by atoms with Gasteiger partial charge in [-0.15, -0.1) is 0 Å². The zero-order chi connectivity index (χ0) is 44.5. The molecule has 0 saturated heterocycles. The Kier molecular flexibility index (Phi) is 44.4. The summed E-state index contributed by atoms with van der Waals surface area (Å²) in [5, 5.41) is 23.6. The van der Waals surface area contributed by atoms with Crippen LogP contribution in [0.1, 0.15) is 188 Å². The first-order valence-electron chi connectivity index (χ1n) is 24.4. The van der Waals surface area contributed by atoms with Crippen LogP contribution >= 0.6 is 0 Å². The Morgan fingerprint density at radius 3 is 1.38 bits per heavy atom. The molecular formula is C55H89NO5. The van der Waals surface area contributed by atoms with E-state index >= 15 is 0 Å². The summed E-state index contributed by atoms with van der Waals surface area (Å²) in [5.41, 5.74) is 0. The summed E-state index contributed by atoms with van der Waals surface area (Å²) >= 11 is 0. The number of aliphatic hydroxyl groups is 2. The van der Waals surface area contributed by atoms with Gasteiger partial charge < -0.3 is 20.3 Å². The van der Waals surface area contributed by atoms with Gasteiger partial charge in [0.1, 0.15) is 6.10 Å². The fourth-order valence-electron chi connectivity index (χ4n) is 6.59. The molecule has 0 bridgehead atoms. The number of carbonyl (C=O) groups is 2. The van der Waals surface area contributed by atoms with E-state index in [-0.39, 0.29) is 24.9 Å². The van der Waals surface area contributed by atoms with Crippen molar-refractivity contribution in [1.29, 1.82) is 0 Å². The first kappa shape index (κ1) is 57.3. The maximum atomic E-state index is 13.2. The molecule has 0 aromatic heterocycles. The van der Waals surface area contributed by atoms with E-state index in [0.29, 0.717) is 19.3 Å². The van der Waals surface area contributed by atoms with E-state index in [1.165, 1.54) is 57.8 Å². The van der Waals surface area contributed by atoms with Gasteiger partial charge in [-0.2, -0.15) is 0 Å². The molecule has 0 spiro atoms. The highest BCUT2D eigenvalue weighted by atomic mass is 16.5. The van der Waals surface area contributed by atoms with E-state index in [1.807, 2.05) is 79.0 Å². The minimum absolute atomic E-state index is 0.0244.